The summed E-state index contributed by atoms with van der Waals surface area (Å²) in [6, 6.07) is 1.85. The average Bonchev–Trinajstić information content (AvgIpc) is 3.22. The molecule has 0 unspecified atom stereocenters. The third-order valence-corrected chi connectivity index (χ3v) is 5.90. The van der Waals surface area contributed by atoms with Crippen molar-refractivity contribution < 1.29 is 0 Å². The Bertz CT molecular complexity index is 556. The number of anilines is 1. The van der Waals surface area contributed by atoms with Crippen molar-refractivity contribution >= 4 is 11.9 Å². The normalized spacial score (nSPS) is 31.0. The molecule has 0 amide bonds. The van der Waals surface area contributed by atoms with Gasteiger partial charge in [-0.05, 0) is 49.5 Å². The van der Waals surface area contributed by atoms with E-state index in [-0.39, 0.29) is 0 Å². The van der Waals surface area contributed by atoms with Crippen LogP contribution >= 0.6 is 0 Å². The highest BCUT2D eigenvalue weighted by atomic mass is 15.4. The van der Waals surface area contributed by atoms with Crippen LogP contribution in [-0.4, -0.2) is 53.6 Å². The lowest BCUT2D eigenvalue weighted by atomic mass is 9.84. The van der Waals surface area contributed by atoms with Gasteiger partial charge >= 0.3 is 0 Å². The molecule has 23 heavy (non-hydrogen) atoms. The summed E-state index contributed by atoms with van der Waals surface area (Å²) in [6.07, 6.45) is 10.5. The van der Waals surface area contributed by atoms with Crippen molar-refractivity contribution in [3.8, 4) is 0 Å². The number of aliphatic imine (C=N–C) groups is 1. The molecule has 1 aliphatic heterocycles. The molecule has 1 aromatic heterocycles. The summed E-state index contributed by atoms with van der Waals surface area (Å²) in [6.45, 7) is 4.50. The van der Waals surface area contributed by atoms with Crippen LogP contribution in [0.4, 0.5) is 5.95 Å². The van der Waals surface area contributed by atoms with E-state index in [1.165, 1.54) is 32.1 Å². The van der Waals surface area contributed by atoms with Gasteiger partial charge in [0, 0.05) is 45.1 Å². The molecule has 2 aliphatic carbocycles. The van der Waals surface area contributed by atoms with Crippen molar-refractivity contribution in [2.45, 2.75) is 32.1 Å². The van der Waals surface area contributed by atoms with Crippen LogP contribution in [0.15, 0.2) is 23.5 Å². The number of aromatic nitrogens is 2. The van der Waals surface area contributed by atoms with E-state index in [0.29, 0.717) is 5.41 Å². The average molecular weight is 314 g/mol. The zero-order valence-electron chi connectivity index (χ0n) is 13.7. The third-order valence-electron chi connectivity index (χ3n) is 5.90. The van der Waals surface area contributed by atoms with Crippen molar-refractivity contribution in [1.29, 1.82) is 0 Å². The summed E-state index contributed by atoms with van der Waals surface area (Å²) >= 11 is 0. The van der Waals surface area contributed by atoms with Crippen LogP contribution in [0.25, 0.3) is 0 Å². The molecule has 0 radical (unpaired) electrons. The minimum absolute atomic E-state index is 0.481. The lowest BCUT2D eigenvalue weighted by molar-refractivity contribution is 0.303. The van der Waals surface area contributed by atoms with Gasteiger partial charge in [-0.1, -0.05) is 0 Å². The van der Waals surface area contributed by atoms with Gasteiger partial charge in [0.1, 0.15) is 0 Å². The second kappa shape index (κ2) is 5.98. The molecule has 0 aromatic carbocycles. The molecule has 124 valence electrons. The Kier molecular flexibility index (Phi) is 3.83. The highest BCUT2D eigenvalue weighted by molar-refractivity contribution is 5.78. The highest BCUT2D eigenvalue weighted by Crippen LogP contribution is 2.54. The minimum atomic E-state index is 0.481. The lowest BCUT2D eigenvalue weighted by Crippen LogP contribution is -2.51. The summed E-state index contributed by atoms with van der Waals surface area (Å²) in [5, 5.41) is 0. The molecular formula is C17H26N6. The summed E-state index contributed by atoms with van der Waals surface area (Å²) in [5.41, 5.74) is 6.75. The number of fused-ring (bicyclic) bond motifs is 2. The molecule has 2 N–H and O–H groups in total. The fraction of sp³-hybridized carbons (Fsp3) is 0.706. The highest BCUT2D eigenvalue weighted by Gasteiger charge is 2.44. The van der Waals surface area contributed by atoms with Gasteiger partial charge in [0.05, 0.1) is 0 Å². The van der Waals surface area contributed by atoms with Gasteiger partial charge in [-0.2, -0.15) is 0 Å². The molecule has 4 rings (SSSR count). The molecular weight excluding hydrogens is 288 g/mol. The maximum Gasteiger partial charge on any atom is 0.225 e. The van der Waals surface area contributed by atoms with E-state index in [1.807, 2.05) is 6.07 Å². The Labute approximate surface area is 137 Å². The monoisotopic (exact) mass is 314 g/mol. The van der Waals surface area contributed by atoms with E-state index in [0.717, 1.165) is 50.5 Å². The summed E-state index contributed by atoms with van der Waals surface area (Å²) < 4.78 is 0. The van der Waals surface area contributed by atoms with E-state index in [9.17, 15) is 0 Å². The van der Waals surface area contributed by atoms with Crippen molar-refractivity contribution in [2.24, 2.45) is 22.1 Å². The summed E-state index contributed by atoms with van der Waals surface area (Å²) in [4.78, 5) is 17.8. The van der Waals surface area contributed by atoms with Crippen LogP contribution in [0.1, 0.15) is 32.1 Å². The maximum absolute atomic E-state index is 6.26. The second-order valence-electron chi connectivity index (χ2n) is 7.34. The second-order valence-corrected chi connectivity index (χ2v) is 7.34. The van der Waals surface area contributed by atoms with Crippen LogP contribution in [0.3, 0.4) is 0 Å². The first-order valence-corrected chi connectivity index (χ1v) is 8.81. The van der Waals surface area contributed by atoms with Gasteiger partial charge < -0.3 is 15.5 Å². The van der Waals surface area contributed by atoms with E-state index >= 15 is 0 Å². The number of hydrogen-bond donors (Lipinski definition) is 1. The number of hydrogen-bond acceptors (Lipinski definition) is 4. The van der Waals surface area contributed by atoms with E-state index in [4.69, 9.17) is 10.7 Å². The minimum Gasteiger partial charge on any atom is -0.370 e. The Morgan fingerprint density at radius 1 is 1.17 bits per heavy atom. The van der Waals surface area contributed by atoms with Crippen molar-refractivity contribution in [2.75, 3.05) is 37.6 Å². The van der Waals surface area contributed by atoms with Crippen LogP contribution in [0.2, 0.25) is 0 Å². The fourth-order valence-corrected chi connectivity index (χ4v) is 4.47. The van der Waals surface area contributed by atoms with Crippen molar-refractivity contribution in [3.05, 3.63) is 18.5 Å². The molecule has 0 atom stereocenters. The van der Waals surface area contributed by atoms with Crippen molar-refractivity contribution in [3.63, 3.8) is 0 Å². The molecule has 3 aliphatic rings. The molecule has 2 saturated carbocycles. The van der Waals surface area contributed by atoms with Gasteiger partial charge in [0.2, 0.25) is 5.95 Å². The first-order valence-electron chi connectivity index (χ1n) is 8.81. The van der Waals surface area contributed by atoms with E-state index in [2.05, 4.69) is 19.8 Å². The molecule has 3 fully saturated rings. The number of rotatable bonds is 3. The summed E-state index contributed by atoms with van der Waals surface area (Å²) in [5.74, 6) is 2.51. The third kappa shape index (κ3) is 2.99. The zero-order valence-corrected chi connectivity index (χ0v) is 13.7. The van der Waals surface area contributed by atoms with Crippen LogP contribution < -0.4 is 10.6 Å². The standard InChI is InChI=1S/C17H26N6/c18-15(21-13-17-4-2-14(12-17)3-5-17)22-8-10-23(11-9-22)16-19-6-1-7-20-16/h1,6-7,14H,2-5,8-13H2,(H2,18,21). The smallest absolute Gasteiger partial charge is 0.225 e. The van der Waals surface area contributed by atoms with Crippen LogP contribution in [-0.2, 0) is 0 Å². The lowest BCUT2D eigenvalue weighted by Gasteiger charge is -2.35. The van der Waals surface area contributed by atoms with E-state index in [1.54, 1.807) is 12.4 Å². The molecule has 6 nitrogen and oxygen atoms in total. The van der Waals surface area contributed by atoms with Gasteiger partial charge in [-0.25, -0.2) is 9.97 Å². The maximum atomic E-state index is 6.26. The molecule has 1 aromatic rings. The molecule has 0 spiro atoms. The van der Waals surface area contributed by atoms with Crippen LogP contribution in [0, 0.1) is 11.3 Å². The van der Waals surface area contributed by atoms with Gasteiger partial charge in [0.25, 0.3) is 0 Å². The number of piperazine rings is 1. The van der Waals surface area contributed by atoms with E-state index < -0.39 is 0 Å². The largest absolute Gasteiger partial charge is 0.370 e. The van der Waals surface area contributed by atoms with Crippen molar-refractivity contribution in [1.82, 2.24) is 14.9 Å². The summed E-state index contributed by atoms with van der Waals surface area (Å²) in [7, 11) is 0. The molecule has 2 heterocycles. The number of nitrogens with two attached hydrogens (primary N) is 1. The first-order chi connectivity index (χ1) is 11.2. The Morgan fingerprint density at radius 3 is 2.48 bits per heavy atom. The van der Waals surface area contributed by atoms with Gasteiger partial charge in [0.15, 0.2) is 5.96 Å². The number of nitrogens with zero attached hydrogens (tertiary/aromatic N) is 5. The zero-order chi connectivity index (χ0) is 15.7. The Hall–Kier alpha value is -1.85. The molecule has 1 saturated heterocycles. The molecule has 2 bridgehead atoms. The number of guanidine groups is 1. The van der Waals surface area contributed by atoms with Gasteiger partial charge in [-0.15, -0.1) is 0 Å². The molecule has 6 heteroatoms. The SMILES string of the molecule is NC(=NCC12CCC(CC1)C2)N1CCN(c2ncccn2)CC1. The Morgan fingerprint density at radius 2 is 1.87 bits per heavy atom. The quantitative estimate of drug-likeness (QED) is 0.676. The predicted octanol–water partition coefficient (Wildman–Crippen LogP) is 1.49. The predicted molar refractivity (Wildman–Crippen MR) is 91.3 cm³/mol. The fourth-order valence-electron chi connectivity index (χ4n) is 4.47. The topological polar surface area (TPSA) is 70.6 Å². The van der Waals surface area contributed by atoms with Gasteiger partial charge in [-0.3, -0.25) is 4.99 Å². The Balaban J connectivity index is 1.32. The first kappa shape index (κ1) is 14.7. The van der Waals surface area contributed by atoms with Crippen LogP contribution in [0.5, 0.6) is 0 Å².